The zero-order chi connectivity index (χ0) is 14.9. The lowest BCUT2D eigenvalue weighted by atomic mass is 10.1. The average Bonchev–Trinajstić information content (AvgIpc) is 2.35. The Morgan fingerprint density at radius 3 is 2.35 bits per heavy atom. The van der Waals surface area contributed by atoms with Gasteiger partial charge < -0.3 is 16.2 Å². The predicted molar refractivity (Wildman–Crippen MR) is 75.2 cm³/mol. The van der Waals surface area contributed by atoms with E-state index >= 15 is 0 Å². The molecule has 2 aromatic carbocycles. The number of nitrogens with one attached hydrogen (secondary N) is 1. The molecule has 2 aromatic rings. The first-order valence-corrected chi connectivity index (χ1v) is 6.22. The van der Waals surface area contributed by atoms with Crippen molar-refractivity contribution in [3.8, 4) is 0 Å². The van der Waals surface area contributed by atoms with E-state index in [1.807, 2.05) is 0 Å². The van der Waals surface area contributed by atoms with Crippen molar-refractivity contribution in [2.75, 3.05) is 11.1 Å². The minimum Gasteiger partial charge on any atom is -0.478 e. The molecule has 104 valence electrons. The third-order valence-corrected chi connectivity index (χ3v) is 3.02. The van der Waals surface area contributed by atoms with E-state index in [-0.39, 0.29) is 27.1 Å². The number of hydrogen-bond donors (Lipinski definition) is 3. The maximum Gasteiger partial charge on any atom is 0.337 e. The molecule has 7 heteroatoms. The van der Waals surface area contributed by atoms with E-state index in [0.717, 1.165) is 12.1 Å². The maximum atomic E-state index is 13.7. The molecular formula is C13H9BrF2N2O2. The summed E-state index contributed by atoms with van der Waals surface area (Å²) in [4.78, 5) is 10.9. The molecule has 0 heterocycles. The molecular weight excluding hydrogens is 334 g/mol. The van der Waals surface area contributed by atoms with Gasteiger partial charge in [0.1, 0.15) is 5.69 Å². The fourth-order valence-electron chi connectivity index (χ4n) is 1.63. The van der Waals surface area contributed by atoms with Gasteiger partial charge in [0.05, 0.1) is 5.56 Å². The summed E-state index contributed by atoms with van der Waals surface area (Å²) >= 11 is 2.97. The largest absolute Gasteiger partial charge is 0.478 e. The molecule has 0 aliphatic carbocycles. The first kappa shape index (κ1) is 14.3. The van der Waals surface area contributed by atoms with Gasteiger partial charge in [-0.3, -0.25) is 0 Å². The molecule has 0 saturated heterocycles. The maximum absolute atomic E-state index is 13.7. The van der Waals surface area contributed by atoms with E-state index in [2.05, 4.69) is 21.2 Å². The molecule has 0 aromatic heterocycles. The summed E-state index contributed by atoms with van der Waals surface area (Å²) in [5.41, 5.74) is 5.28. The van der Waals surface area contributed by atoms with E-state index < -0.39 is 17.6 Å². The molecule has 0 fully saturated rings. The number of halogens is 3. The Bertz CT molecular complexity index is 669. The molecule has 0 saturated carbocycles. The first-order valence-electron chi connectivity index (χ1n) is 5.43. The Morgan fingerprint density at radius 2 is 1.80 bits per heavy atom. The highest BCUT2D eigenvalue weighted by atomic mass is 79.9. The highest BCUT2D eigenvalue weighted by Gasteiger charge is 2.13. The second-order valence-corrected chi connectivity index (χ2v) is 4.89. The molecule has 0 atom stereocenters. The van der Waals surface area contributed by atoms with Crippen LogP contribution in [0, 0.1) is 11.6 Å². The summed E-state index contributed by atoms with van der Waals surface area (Å²) in [5, 5.41) is 11.4. The van der Waals surface area contributed by atoms with Crippen LogP contribution in [-0.4, -0.2) is 11.1 Å². The molecule has 4 nitrogen and oxygen atoms in total. The number of carboxylic acids is 1. The van der Waals surface area contributed by atoms with E-state index in [9.17, 15) is 13.6 Å². The Balaban J connectivity index is 2.41. The summed E-state index contributed by atoms with van der Waals surface area (Å²) in [5.74, 6) is -2.82. The summed E-state index contributed by atoms with van der Waals surface area (Å²) in [6, 6.07) is 6.18. The lowest BCUT2D eigenvalue weighted by Gasteiger charge is -2.11. The lowest BCUT2D eigenvalue weighted by Crippen LogP contribution is -2.04. The molecule has 2 rings (SSSR count). The van der Waals surface area contributed by atoms with Crippen molar-refractivity contribution < 1.29 is 18.7 Å². The molecule has 0 spiro atoms. The van der Waals surface area contributed by atoms with Gasteiger partial charge in [0.25, 0.3) is 0 Å². The zero-order valence-electron chi connectivity index (χ0n) is 9.95. The number of aromatic carboxylic acids is 1. The van der Waals surface area contributed by atoms with Crippen molar-refractivity contribution in [3.05, 3.63) is 52.0 Å². The Morgan fingerprint density at radius 1 is 1.20 bits per heavy atom. The van der Waals surface area contributed by atoms with Crippen LogP contribution in [0.3, 0.4) is 0 Å². The van der Waals surface area contributed by atoms with Gasteiger partial charge in [0.15, 0.2) is 11.6 Å². The number of benzene rings is 2. The average molecular weight is 343 g/mol. The SMILES string of the molecule is Nc1ccc(Nc2c(F)cc(Br)cc2F)cc1C(=O)O. The highest BCUT2D eigenvalue weighted by Crippen LogP contribution is 2.28. The van der Waals surface area contributed by atoms with Gasteiger partial charge in [-0.2, -0.15) is 0 Å². The third-order valence-electron chi connectivity index (χ3n) is 2.56. The Hall–Kier alpha value is -2.15. The van der Waals surface area contributed by atoms with Crippen molar-refractivity contribution >= 4 is 39.0 Å². The Kier molecular flexibility index (Phi) is 3.89. The van der Waals surface area contributed by atoms with Crippen LogP contribution in [0.5, 0.6) is 0 Å². The number of nitrogens with two attached hydrogens (primary N) is 1. The van der Waals surface area contributed by atoms with Gasteiger partial charge in [0, 0.05) is 15.8 Å². The van der Waals surface area contributed by atoms with E-state index in [1.54, 1.807) is 0 Å². The summed E-state index contributed by atoms with van der Waals surface area (Å²) in [7, 11) is 0. The van der Waals surface area contributed by atoms with Gasteiger partial charge in [-0.1, -0.05) is 15.9 Å². The van der Waals surface area contributed by atoms with Crippen molar-refractivity contribution in [2.45, 2.75) is 0 Å². The van der Waals surface area contributed by atoms with Crippen molar-refractivity contribution in [1.82, 2.24) is 0 Å². The van der Waals surface area contributed by atoms with Crippen LogP contribution in [0.1, 0.15) is 10.4 Å². The minimum absolute atomic E-state index is 0.0693. The monoisotopic (exact) mass is 342 g/mol. The number of anilines is 3. The fraction of sp³-hybridized carbons (Fsp3) is 0. The zero-order valence-corrected chi connectivity index (χ0v) is 11.5. The van der Waals surface area contributed by atoms with Crippen molar-refractivity contribution in [1.29, 1.82) is 0 Å². The molecule has 0 aliphatic rings. The molecule has 0 unspecified atom stereocenters. The van der Waals surface area contributed by atoms with Crippen LogP contribution in [0.2, 0.25) is 0 Å². The van der Waals surface area contributed by atoms with Crippen LogP contribution >= 0.6 is 15.9 Å². The van der Waals surface area contributed by atoms with Crippen molar-refractivity contribution in [2.24, 2.45) is 0 Å². The quantitative estimate of drug-likeness (QED) is 0.742. The lowest BCUT2D eigenvalue weighted by molar-refractivity contribution is 0.0698. The van der Waals surface area contributed by atoms with Gasteiger partial charge in [-0.05, 0) is 30.3 Å². The number of hydrogen-bond acceptors (Lipinski definition) is 3. The molecule has 4 N–H and O–H groups in total. The normalized spacial score (nSPS) is 10.3. The molecule has 0 aliphatic heterocycles. The molecule has 0 bridgehead atoms. The third kappa shape index (κ3) is 2.88. The van der Waals surface area contributed by atoms with Crippen LogP contribution in [0.15, 0.2) is 34.8 Å². The standard InChI is InChI=1S/C13H9BrF2N2O2/c14-6-3-9(15)12(10(16)4-6)18-7-1-2-11(17)8(5-7)13(19)20/h1-5,18H,17H2,(H,19,20). The van der Waals surface area contributed by atoms with Crippen LogP contribution < -0.4 is 11.1 Å². The summed E-state index contributed by atoms with van der Waals surface area (Å²) < 4.78 is 27.6. The topological polar surface area (TPSA) is 75.3 Å². The Labute approximate surface area is 121 Å². The van der Waals surface area contributed by atoms with Crippen LogP contribution in [0.4, 0.5) is 25.8 Å². The second-order valence-electron chi connectivity index (χ2n) is 3.98. The number of nitrogen functional groups attached to an aromatic ring is 1. The molecule has 0 amide bonds. The second kappa shape index (κ2) is 5.46. The van der Waals surface area contributed by atoms with E-state index in [4.69, 9.17) is 10.8 Å². The minimum atomic E-state index is -1.22. The van der Waals surface area contributed by atoms with Crippen LogP contribution in [-0.2, 0) is 0 Å². The predicted octanol–water partition coefficient (Wildman–Crippen LogP) is 3.75. The summed E-state index contributed by atoms with van der Waals surface area (Å²) in [6.07, 6.45) is 0. The van der Waals surface area contributed by atoms with Gasteiger partial charge in [0.2, 0.25) is 0 Å². The van der Waals surface area contributed by atoms with Gasteiger partial charge in [-0.25, -0.2) is 13.6 Å². The number of carboxylic acid groups (broad SMARTS) is 1. The highest BCUT2D eigenvalue weighted by molar-refractivity contribution is 9.10. The van der Waals surface area contributed by atoms with Crippen LogP contribution in [0.25, 0.3) is 0 Å². The molecule has 0 radical (unpaired) electrons. The molecule has 20 heavy (non-hydrogen) atoms. The first-order chi connectivity index (χ1) is 9.38. The van der Waals surface area contributed by atoms with Crippen molar-refractivity contribution in [3.63, 3.8) is 0 Å². The van der Waals surface area contributed by atoms with E-state index in [0.29, 0.717) is 0 Å². The van der Waals surface area contributed by atoms with E-state index in [1.165, 1.54) is 18.2 Å². The fourth-order valence-corrected chi connectivity index (χ4v) is 2.03. The van der Waals surface area contributed by atoms with Gasteiger partial charge in [-0.15, -0.1) is 0 Å². The number of rotatable bonds is 3. The van der Waals surface area contributed by atoms with Gasteiger partial charge >= 0.3 is 5.97 Å². The summed E-state index contributed by atoms with van der Waals surface area (Å²) in [6.45, 7) is 0. The number of carbonyl (C=O) groups is 1. The smallest absolute Gasteiger partial charge is 0.337 e.